The summed E-state index contributed by atoms with van der Waals surface area (Å²) in [6, 6.07) is 29.4. The molecule has 5 rings (SSSR count). The molecule has 46 heavy (non-hydrogen) atoms. The van der Waals surface area contributed by atoms with E-state index in [4.69, 9.17) is 16.6 Å². The van der Waals surface area contributed by atoms with E-state index in [9.17, 15) is 15.8 Å². The van der Waals surface area contributed by atoms with Gasteiger partial charge in [-0.05, 0) is 55.5 Å². The van der Waals surface area contributed by atoms with Gasteiger partial charge in [-0.3, -0.25) is 5.04 Å². The second kappa shape index (κ2) is 16.6. The summed E-state index contributed by atoms with van der Waals surface area (Å²) in [7, 11) is 0. The van der Waals surface area contributed by atoms with Gasteiger partial charge in [0, 0.05) is 21.8 Å². The average Bonchev–Trinajstić information content (AvgIpc) is 3.46. The molecule has 0 saturated carbocycles. The van der Waals surface area contributed by atoms with Crippen molar-refractivity contribution in [1.82, 2.24) is 4.98 Å². The molecular formula is C30H19ClLiN9O3S2. The Bertz CT molecular complexity index is 1960. The van der Waals surface area contributed by atoms with Crippen LogP contribution in [0.5, 0.6) is 0 Å². The fraction of sp³-hybridized carbons (Fsp3) is 0.0333. The van der Waals surface area contributed by atoms with Crippen LogP contribution in [0.15, 0.2) is 110 Å². The number of hydrogen-bond donors (Lipinski definition) is 2. The Morgan fingerprint density at radius 1 is 0.870 bits per heavy atom. The normalized spacial score (nSPS) is 10.8. The predicted octanol–water partition coefficient (Wildman–Crippen LogP) is 6.40. The smallest absolute Gasteiger partial charge is 0.691 e. The van der Waals surface area contributed by atoms with Crippen LogP contribution < -0.4 is 34.8 Å². The Morgan fingerprint density at radius 2 is 1.54 bits per heavy atom. The van der Waals surface area contributed by atoms with Crippen molar-refractivity contribution in [3.8, 4) is 12.1 Å². The zero-order valence-electron chi connectivity index (χ0n) is 24.1. The van der Waals surface area contributed by atoms with Crippen LogP contribution in [0, 0.1) is 29.6 Å². The molecule has 0 aliphatic heterocycles. The summed E-state index contributed by atoms with van der Waals surface area (Å²) in [5, 5.41) is 57.8. The largest absolute Gasteiger partial charge is 1.00 e. The van der Waals surface area contributed by atoms with E-state index in [0.717, 1.165) is 22.7 Å². The van der Waals surface area contributed by atoms with Gasteiger partial charge in [-0.1, -0.05) is 59.3 Å². The number of nitriles is 2. The first-order valence-electron chi connectivity index (χ1n) is 12.9. The number of anilines is 4. The molecule has 0 saturated heterocycles. The van der Waals surface area contributed by atoms with E-state index in [0.29, 0.717) is 56.1 Å². The molecule has 0 radical (unpaired) electrons. The van der Waals surface area contributed by atoms with Crippen LogP contribution >= 0.6 is 35.0 Å². The summed E-state index contributed by atoms with van der Waals surface area (Å²) >= 11 is 8.05. The monoisotopic (exact) mass is 659 g/mol. The van der Waals surface area contributed by atoms with Gasteiger partial charge >= 0.3 is 18.9 Å². The number of rotatable bonds is 11. The van der Waals surface area contributed by atoms with Gasteiger partial charge in [-0.15, -0.1) is 20.5 Å². The van der Waals surface area contributed by atoms with Crippen molar-refractivity contribution in [2.45, 2.75) is 11.8 Å². The summed E-state index contributed by atoms with van der Waals surface area (Å²) in [5.74, 6) is 0.713. The van der Waals surface area contributed by atoms with Crippen molar-refractivity contribution >= 4 is 79.4 Å². The molecule has 0 unspecified atom stereocenters. The quantitative estimate of drug-likeness (QED) is 0.0534. The summed E-state index contributed by atoms with van der Waals surface area (Å²) < 4.78 is 4.29. The Kier molecular flexibility index (Phi) is 12.4. The van der Waals surface area contributed by atoms with Gasteiger partial charge in [0.1, 0.15) is 28.5 Å². The van der Waals surface area contributed by atoms with Crippen LogP contribution in [-0.2, 0) is 9.37 Å². The molecule has 2 heterocycles. The zero-order chi connectivity index (χ0) is 31.6. The number of benzene rings is 3. The fourth-order valence-electron chi connectivity index (χ4n) is 3.89. The first-order chi connectivity index (χ1) is 22.0. The molecule has 0 atom stereocenters. The van der Waals surface area contributed by atoms with E-state index >= 15 is 0 Å². The predicted molar refractivity (Wildman–Crippen MR) is 170 cm³/mol. The Morgan fingerprint density at radius 3 is 2.15 bits per heavy atom. The Hall–Kier alpha value is -4.59. The summed E-state index contributed by atoms with van der Waals surface area (Å²) in [5.41, 5.74) is 3.25. The standard InChI is InChI=1S/C30H20ClN9O3S2.Li/c1-18-23(17-33)28(34-20-8-4-2-5-9-20)36-29(35-21-10-6-3-7-11-21)27(18)39-40-30-19(16-32)14-26(44-30)38-37-25-13-12-22(15-24(25)31)45-43-42-41;/h2-15,41H,1H3,(H2,34,35,36);/q;+1/p-1. The van der Waals surface area contributed by atoms with Crippen LogP contribution in [0.4, 0.5) is 44.4 Å². The first-order valence-corrected chi connectivity index (χ1v) is 14.8. The third-order valence-corrected chi connectivity index (χ3v) is 7.77. The molecule has 2 aromatic heterocycles. The maximum Gasteiger partial charge on any atom is 1.00 e. The number of nitrogens with one attached hydrogen (secondary N) is 2. The van der Waals surface area contributed by atoms with Gasteiger partial charge in [0.15, 0.2) is 16.6 Å². The summed E-state index contributed by atoms with van der Waals surface area (Å²) in [6.45, 7) is 1.76. The third-order valence-electron chi connectivity index (χ3n) is 5.99. The van der Waals surface area contributed by atoms with E-state index in [1.165, 1.54) is 12.1 Å². The SMILES string of the molecule is Cc1c(C#N)c(Nc2ccccc2)nc(Nc2ccccc2)c1N=Nc1sc(N=Nc2ccc(SOO[O-])cc2Cl)cc1C#N.[Li+]. The number of thiophene rings is 1. The minimum atomic E-state index is 0. The van der Waals surface area contributed by atoms with Crippen molar-refractivity contribution in [3.63, 3.8) is 0 Å². The van der Waals surface area contributed by atoms with E-state index in [2.05, 4.69) is 52.6 Å². The molecule has 222 valence electrons. The van der Waals surface area contributed by atoms with Crippen molar-refractivity contribution in [1.29, 1.82) is 10.5 Å². The van der Waals surface area contributed by atoms with Crippen molar-refractivity contribution in [2.24, 2.45) is 20.5 Å². The molecule has 5 aromatic rings. The molecular weight excluding hydrogens is 641 g/mol. The molecule has 0 fully saturated rings. The summed E-state index contributed by atoms with van der Waals surface area (Å²) in [6.07, 6.45) is 0. The maximum atomic E-state index is 10.1. The van der Waals surface area contributed by atoms with E-state index in [1.807, 2.05) is 60.7 Å². The van der Waals surface area contributed by atoms with Crippen LogP contribution in [0.3, 0.4) is 0 Å². The van der Waals surface area contributed by atoms with E-state index < -0.39 is 0 Å². The number of pyridine rings is 1. The maximum absolute atomic E-state index is 10.1. The second-order valence-corrected chi connectivity index (χ2v) is 11.1. The molecule has 2 N–H and O–H groups in total. The van der Waals surface area contributed by atoms with Crippen LogP contribution in [0.1, 0.15) is 16.7 Å². The second-order valence-electron chi connectivity index (χ2n) is 8.90. The number of halogens is 1. The number of azo groups is 2. The van der Waals surface area contributed by atoms with Crippen molar-refractivity contribution in [3.05, 3.63) is 107 Å². The van der Waals surface area contributed by atoms with Gasteiger partial charge in [0.2, 0.25) is 0 Å². The van der Waals surface area contributed by atoms with Gasteiger partial charge in [0.05, 0.1) is 28.2 Å². The average molecular weight is 660 g/mol. The van der Waals surface area contributed by atoms with Crippen molar-refractivity contribution < 1.29 is 33.5 Å². The van der Waals surface area contributed by atoms with Gasteiger partial charge < -0.3 is 15.9 Å². The van der Waals surface area contributed by atoms with Crippen LogP contribution in [-0.4, -0.2) is 4.98 Å². The first kappa shape index (κ1) is 34.3. The minimum absolute atomic E-state index is 0. The molecule has 0 aliphatic rings. The van der Waals surface area contributed by atoms with Crippen LogP contribution in [0.25, 0.3) is 0 Å². The Labute approximate surface area is 288 Å². The van der Waals surface area contributed by atoms with E-state index in [-0.39, 0.29) is 34.4 Å². The minimum Gasteiger partial charge on any atom is -0.691 e. The van der Waals surface area contributed by atoms with E-state index in [1.54, 1.807) is 19.1 Å². The summed E-state index contributed by atoms with van der Waals surface area (Å²) in [4.78, 5) is 5.23. The number of aromatic nitrogens is 1. The van der Waals surface area contributed by atoms with Gasteiger partial charge in [-0.25, -0.2) is 4.98 Å². The molecule has 0 spiro atoms. The number of nitrogens with zero attached hydrogens (tertiary/aromatic N) is 7. The van der Waals surface area contributed by atoms with Crippen molar-refractivity contribution in [2.75, 3.05) is 10.6 Å². The fourth-order valence-corrected chi connectivity index (χ4v) is 5.32. The van der Waals surface area contributed by atoms with Crippen LogP contribution in [0.2, 0.25) is 5.02 Å². The van der Waals surface area contributed by atoms with Gasteiger partial charge in [0.25, 0.3) is 0 Å². The molecule has 16 heteroatoms. The Balaban J connectivity index is 0.00000480. The molecule has 3 aromatic carbocycles. The molecule has 0 bridgehead atoms. The molecule has 0 aliphatic carbocycles. The van der Waals surface area contributed by atoms with Gasteiger partial charge in [-0.2, -0.15) is 14.9 Å². The topological polar surface area (TPSA) is 175 Å². The number of para-hydroxylation sites is 2. The third kappa shape index (κ3) is 8.56. The molecule has 12 nitrogen and oxygen atoms in total. The zero-order valence-corrected chi connectivity index (χ0v) is 26.5. The molecule has 0 amide bonds. The number of hydrogen-bond acceptors (Lipinski definition) is 14.